The first-order valence-electron chi connectivity index (χ1n) is 11.5. The van der Waals surface area contributed by atoms with Gasteiger partial charge in [-0.3, -0.25) is 4.79 Å². The first kappa shape index (κ1) is 17.0. The predicted octanol–water partition coefficient (Wildman–Crippen LogP) is 6.70. The normalized spacial score (nSPS) is 30.5. The molecule has 3 saturated carbocycles. The lowest BCUT2D eigenvalue weighted by molar-refractivity contribution is -0.121. The van der Waals surface area contributed by atoms with Gasteiger partial charge < -0.3 is 0 Å². The molecule has 0 N–H and O–H groups in total. The first-order valence-corrected chi connectivity index (χ1v) is 11.5. The standard InChI is InChI=1S/C27H30O/c1-16-22(23-13-17-10-11-19(23)12-17)15-24-20-7-3-2-6-18(20)14-25(24)27(16)21-8-4-5-9-26(21)28/h2-3,6-7,15,17,19,21,23H,4-5,8-14H2,1H3. The van der Waals surface area contributed by atoms with Crippen LogP contribution in [-0.4, -0.2) is 5.78 Å². The van der Waals surface area contributed by atoms with Crippen LogP contribution in [0, 0.1) is 18.8 Å². The monoisotopic (exact) mass is 370 g/mol. The number of Topliss-reactive ketones (excluding diaryl/α,β-unsaturated/α-hetero) is 1. The van der Waals surface area contributed by atoms with Gasteiger partial charge in [0.15, 0.2) is 0 Å². The second-order valence-corrected chi connectivity index (χ2v) is 9.91. The van der Waals surface area contributed by atoms with Crippen molar-refractivity contribution in [3.8, 4) is 11.1 Å². The van der Waals surface area contributed by atoms with E-state index in [9.17, 15) is 4.79 Å². The number of ketones is 1. The Kier molecular flexibility index (Phi) is 3.83. The van der Waals surface area contributed by atoms with Gasteiger partial charge in [0, 0.05) is 12.3 Å². The zero-order valence-electron chi connectivity index (χ0n) is 17.0. The Morgan fingerprint density at radius 3 is 2.64 bits per heavy atom. The zero-order valence-corrected chi connectivity index (χ0v) is 17.0. The van der Waals surface area contributed by atoms with Crippen molar-refractivity contribution in [2.24, 2.45) is 11.8 Å². The summed E-state index contributed by atoms with van der Waals surface area (Å²) in [6.45, 7) is 2.35. The van der Waals surface area contributed by atoms with E-state index in [1.807, 2.05) is 0 Å². The minimum atomic E-state index is 0.148. The second-order valence-electron chi connectivity index (χ2n) is 9.91. The highest BCUT2D eigenvalue weighted by Crippen LogP contribution is 2.55. The van der Waals surface area contributed by atoms with Gasteiger partial charge in [-0.25, -0.2) is 0 Å². The maximum Gasteiger partial charge on any atom is 0.140 e. The van der Waals surface area contributed by atoms with Crippen LogP contribution in [0.25, 0.3) is 11.1 Å². The molecule has 4 aliphatic carbocycles. The van der Waals surface area contributed by atoms with Crippen LogP contribution in [0.5, 0.6) is 0 Å². The van der Waals surface area contributed by atoms with Crippen LogP contribution < -0.4 is 0 Å². The van der Waals surface area contributed by atoms with E-state index in [1.165, 1.54) is 65.5 Å². The molecular formula is C27H30O. The van der Waals surface area contributed by atoms with Gasteiger partial charge in [0.1, 0.15) is 5.78 Å². The molecule has 4 unspecified atom stereocenters. The number of hydrogen-bond acceptors (Lipinski definition) is 1. The molecule has 3 fully saturated rings. The molecule has 0 aromatic heterocycles. The van der Waals surface area contributed by atoms with Crippen LogP contribution in [0.2, 0.25) is 0 Å². The summed E-state index contributed by atoms with van der Waals surface area (Å²) in [5.41, 5.74) is 10.3. The first-order chi connectivity index (χ1) is 13.7. The van der Waals surface area contributed by atoms with E-state index in [-0.39, 0.29) is 5.92 Å². The van der Waals surface area contributed by atoms with Crippen LogP contribution in [0.3, 0.4) is 0 Å². The summed E-state index contributed by atoms with van der Waals surface area (Å²) >= 11 is 0. The van der Waals surface area contributed by atoms with Crippen LogP contribution in [0.1, 0.15) is 91.0 Å². The SMILES string of the molecule is Cc1c(C2CC3CCC2C3)cc2c(c1C1CCCCC1=O)Cc1ccccc1-2. The van der Waals surface area contributed by atoms with Crippen LogP contribution in [0.15, 0.2) is 30.3 Å². The molecule has 0 spiro atoms. The fourth-order valence-corrected chi connectivity index (χ4v) is 7.21. The summed E-state index contributed by atoms with van der Waals surface area (Å²) in [7, 11) is 0. The molecule has 0 heterocycles. The molecule has 2 aromatic rings. The Balaban J connectivity index is 1.55. The lowest BCUT2D eigenvalue weighted by Crippen LogP contribution is -2.21. The molecule has 1 heteroatoms. The van der Waals surface area contributed by atoms with Crippen molar-refractivity contribution < 1.29 is 4.79 Å². The Labute approximate surface area is 168 Å². The summed E-state index contributed by atoms with van der Waals surface area (Å²) in [5, 5.41) is 0. The molecular weight excluding hydrogens is 340 g/mol. The summed E-state index contributed by atoms with van der Waals surface area (Å²) in [6.07, 6.45) is 10.8. The Morgan fingerprint density at radius 2 is 1.86 bits per heavy atom. The number of rotatable bonds is 2. The van der Waals surface area contributed by atoms with Gasteiger partial charge in [0.25, 0.3) is 0 Å². The molecule has 0 aliphatic heterocycles. The van der Waals surface area contributed by atoms with E-state index in [1.54, 1.807) is 5.56 Å². The maximum absolute atomic E-state index is 13.0. The van der Waals surface area contributed by atoms with Gasteiger partial charge in [0.2, 0.25) is 0 Å². The molecule has 4 aliphatic rings. The van der Waals surface area contributed by atoms with E-state index in [0.29, 0.717) is 5.78 Å². The highest BCUT2D eigenvalue weighted by atomic mass is 16.1. The van der Waals surface area contributed by atoms with E-state index >= 15 is 0 Å². The van der Waals surface area contributed by atoms with Crippen LogP contribution >= 0.6 is 0 Å². The summed E-state index contributed by atoms with van der Waals surface area (Å²) in [4.78, 5) is 13.0. The van der Waals surface area contributed by atoms with Crippen LogP contribution in [-0.2, 0) is 11.2 Å². The van der Waals surface area contributed by atoms with Gasteiger partial charge in [-0.15, -0.1) is 0 Å². The van der Waals surface area contributed by atoms with E-state index in [0.717, 1.165) is 43.4 Å². The predicted molar refractivity (Wildman–Crippen MR) is 114 cm³/mol. The number of carbonyl (C=O) groups is 1. The highest BCUT2D eigenvalue weighted by molar-refractivity contribution is 5.90. The number of hydrogen-bond donors (Lipinski definition) is 0. The second kappa shape index (κ2) is 6.31. The van der Waals surface area contributed by atoms with E-state index in [2.05, 4.69) is 37.3 Å². The molecule has 0 saturated heterocycles. The summed E-state index contributed by atoms with van der Waals surface area (Å²) in [5.74, 6) is 3.21. The molecule has 28 heavy (non-hydrogen) atoms. The van der Waals surface area contributed by atoms with Gasteiger partial charge >= 0.3 is 0 Å². The minimum absolute atomic E-state index is 0.148. The topological polar surface area (TPSA) is 17.1 Å². The largest absolute Gasteiger partial charge is 0.299 e. The van der Waals surface area contributed by atoms with E-state index in [4.69, 9.17) is 0 Å². The Bertz CT molecular complexity index is 968. The molecule has 6 rings (SSSR count). The van der Waals surface area contributed by atoms with Crippen LogP contribution in [0.4, 0.5) is 0 Å². The maximum atomic E-state index is 13.0. The molecule has 2 bridgehead atoms. The average Bonchev–Trinajstić information content (AvgIpc) is 3.42. The van der Waals surface area contributed by atoms with Gasteiger partial charge in [-0.05, 0) is 102 Å². The highest BCUT2D eigenvalue weighted by Gasteiger charge is 2.42. The number of benzene rings is 2. The van der Waals surface area contributed by atoms with Crippen molar-refractivity contribution >= 4 is 5.78 Å². The van der Waals surface area contributed by atoms with Crippen molar-refractivity contribution in [1.82, 2.24) is 0 Å². The molecule has 0 radical (unpaired) electrons. The third-order valence-corrected chi connectivity index (χ3v) is 8.50. The smallest absolute Gasteiger partial charge is 0.140 e. The molecule has 4 atom stereocenters. The lowest BCUT2D eigenvalue weighted by atomic mass is 9.73. The molecule has 144 valence electrons. The van der Waals surface area contributed by atoms with Crippen molar-refractivity contribution in [3.05, 3.63) is 58.1 Å². The Hall–Kier alpha value is -1.89. The Morgan fingerprint density at radius 1 is 0.964 bits per heavy atom. The fraction of sp³-hybridized carbons (Fsp3) is 0.519. The van der Waals surface area contributed by atoms with Crippen molar-refractivity contribution in [1.29, 1.82) is 0 Å². The van der Waals surface area contributed by atoms with Gasteiger partial charge in [-0.2, -0.15) is 0 Å². The van der Waals surface area contributed by atoms with Crippen molar-refractivity contribution in [3.63, 3.8) is 0 Å². The average molecular weight is 371 g/mol. The summed E-state index contributed by atoms with van der Waals surface area (Å²) in [6, 6.07) is 11.5. The molecule has 1 nitrogen and oxygen atoms in total. The third kappa shape index (κ3) is 2.41. The summed E-state index contributed by atoms with van der Waals surface area (Å²) < 4.78 is 0. The quantitative estimate of drug-likeness (QED) is 0.491. The number of fused-ring (bicyclic) bond motifs is 5. The molecule has 2 aromatic carbocycles. The zero-order chi connectivity index (χ0) is 18.8. The third-order valence-electron chi connectivity index (χ3n) is 8.50. The number of carbonyl (C=O) groups excluding carboxylic acids is 1. The van der Waals surface area contributed by atoms with Gasteiger partial charge in [0.05, 0.1) is 0 Å². The van der Waals surface area contributed by atoms with Gasteiger partial charge in [-0.1, -0.05) is 43.2 Å². The van der Waals surface area contributed by atoms with E-state index < -0.39 is 0 Å². The van der Waals surface area contributed by atoms with Crippen molar-refractivity contribution in [2.45, 2.75) is 76.5 Å². The minimum Gasteiger partial charge on any atom is -0.299 e. The molecule has 0 amide bonds. The van der Waals surface area contributed by atoms with Crippen molar-refractivity contribution in [2.75, 3.05) is 0 Å². The lowest BCUT2D eigenvalue weighted by Gasteiger charge is -2.30. The fourth-order valence-electron chi connectivity index (χ4n) is 7.21.